The Balaban J connectivity index is 1.58. The van der Waals surface area contributed by atoms with Gasteiger partial charge in [-0.2, -0.15) is 4.37 Å². The van der Waals surface area contributed by atoms with Crippen molar-refractivity contribution in [2.75, 3.05) is 5.32 Å². The molecule has 3 aromatic heterocycles. The number of aryl methyl sites for hydroxylation is 1. The maximum absolute atomic E-state index is 10.2. The Kier molecular flexibility index (Phi) is 4.47. The van der Waals surface area contributed by atoms with Gasteiger partial charge in [-0.25, -0.2) is 9.97 Å². The number of thiophene rings is 1. The summed E-state index contributed by atoms with van der Waals surface area (Å²) in [4.78, 5) is 10.7. The molecule has 0 radical (unpaired) electrons. The summed E-state index contributed by atoms with van der Waals surface area (Å²) < 4.78 is 5.46. The third-order valence-corrected chi connectivity index (χ3v) is 6.55. The number of fused-ring (bicyclic) bond motifs is 1. The highest BCUT2D eigenvalue weighted by Gasteiger charge is 2.29. The lowest BCUT2D eigenvalue weighted by atomic mass is 9.84. The Morgan fingerprint density at radius 1 is 1.32 bits per heavy atom. The Labute approximate surface area is 155 Å². The highest BCUT2D eigenvalue weighted by atomic mass is 32.1. The van der Waals surface area contributed by atoms with E-state index < -0.39 is 5.60 Å². The first-order chi connectivity index (χ1) is 12.0. The number of nitrogens with zero attached hydrogens (tertiary/aromatic N) is 3. The van der Waals surface area contributed by atoms with Crippen molar-refractivity contribution in [3.8, 4) is 0 Å². The van der Waals surface area contributed by atoms with Crippen LogP contribution < -0.4 is 5.32 Å². The van der Waals surface area contributed by atoms with Crippen LogP contribution in [0.3, 0.4) is 0 Å². The van der Waals surface area contributed by atoms with Crippen molar-refractivity contribution in [1.82, 2.24) is 14.3 Å². The van der Waals surface area contributed by atoms with E-state index >= 15 is 0 Å². The van der Waals surface area contributed by atoms with E-state index in [9.17, 15) is 5.11 Å². The summed E-state index contributed by atoms with van der Waals surface area (Å²) in [5, 5.41) is 15.8. The van der Waals surface area contributed by atoms with Crippen molar-refractivity contribution in [1.29, 1.82) is 0 Å². The first-order valence-electron chi connectivity index (χ1n) is 8.64. The summed E-state index contributed by atoms with van der Waals surface area (Å²) >= 11 is 3.19. The van der Waals surface area contributed by atoms with Gasteiger partial charge in [0.1, 0.15) is 11.6 Å². The Morgan fingerprint density at radius 2 is 2.12 bits per heavy atom. The molecule has 2 N–H and O–H groups in total. The number of nitrogens with one attached hydrogen (secondary N) is 1. The van der Waals surface area contributed by atoms with E-state index in [0.717, 1.165) is 53.2 Å². The first-order valence-corrected chi connectivity index (χ1v) is 10.3. The molecule has 1 saturated carbocycles. The molecule has 3 heterocycles. The number of aliphatic hydroxyl groups is 1. The minimum atomic E-state index is -0.517. The molecule has 132 valence electrons. The zero-order valence-electron chi connectivity index (χ0n) is 14.5. The Hall–Kier alpha value is -1.57. The van der Waals surface area contributed by atoms with Crippen molar-refractivity contribution >= 4 is 38.9 Å². The average Bonchev–Trinajstić information content (AvgIpc) is 3.18. The van der Waals surface area contributed by atoms with E-state index in [2.05, 4.69) is 27.2 Å². The number of rotatable bonds is 4. The predicted molar refractivity (Wildman–Crippen MR) is 104 cm³/mol. The van der Waals surface area contributed by atoms with Gasteiger partial charge in [-0.05, 0) is 68.6 Å². The molecule has 0 bridgehead atoms. The number of hydrogen-bond donors (Lipinski definition) is 2. The molecule has 0 saturated heterocycles. The molecular weight excluding hydrogens is 352 g/mol. The molecule has 0 atom stereocenters. The van der Waals surface area contributed by atoms with Gasteiger partial charge in [-0.1, -0.05) is 0 Å². The second-order valence-corrected chi connectivity index (χ2v) is 8.96. The van der Waals surface area contributed by atoms with Gasteiger partial charge in [-0.3, -0.25) is 0 Å². The zero-order chi connectivity index (χ0) is 17.4. The molecule has 1 aliphatic carbocycles. The third-order valence-electron chi connectivity index (χ3n) is 4.76. The van der Waals surface area contributed by atoms with Crippen LogP contribution in [-0.2, 0) is 6.42 Å². The molecule has 4 rings (SSSR count). The van der Waals surface area contributed by atoms with Crippen molar-refractivity contribution in [3.05, 3.63) is 33.9 Å². The fourth-order valence-electron chi connectivity index (χ4n) is 3.32. The van der Waals surface area contributed by atoms with Gasteiger partial charge in [0.25, 0.3) is 0 Å². The van der Waals surface area contributed by atoms with Gasteiger partial charge >= 0.3 is 0 Å². The van der Waals surface area contributed by atoms with Crippen LogP contribution in [0.4, 0.5) is 5.82 Å². The van der Waals surface area contributed by atoms with Gasteiger partial charge in [0.05, 0.1) is 21.5 Å². The summed E-state index contributed by atoms with van der Waals surface area (Å²) in [6, 6.07) is 4.51. The number of aromatic nitrogens is 3. The number of anilines is 1. The van der Waals surface area contributed by atoms with E-state index in [1.54, 1.807) is 11.3 Å². The summed E-state index contributed by atoms with van der Waals surface area (Å²) in [5.41, 5.74) is 1.53. The largest absolute Gasteiger partial charge is 0.390 e. The molecule has 0 spiro atoms. The van der Waals surface area contributed by atoms with Gasteiger partial charge in [-0.15, -0.1) is 11.3 Å². The van der Waals surface area contributed by atoms with Crippen molar-refractivity contribution in [3.63, 3.8) is 0 Å². The van der Waals surface area contributed by atoms with Crippen LogP contribution in [0.5, 0.6) is 0 Å². The summed E-state index contributed by atoms with van der Waals surface area (Å²) in [7, 11) is 0. The second-order valence-electron chi connectivity index (χ2n) is 7.15. The summed E-state index contributed by atoms with van der Waals surface area (Å²) in [6.45, 7) is 3.94. The lowest BCUT2D eigenvalue weighted by Gasteiger charge is -2.33. The lowest BCUT2D eigenvalue weighted by molar-refractivity contribution is 0.0196. The molecular formula is C18H22N4OS2. The smallest absolute Gasteiger partial charge is 0.148 e. The van der Waals surface area contributed by atoms with Crippen LogP contribution in [0.15, 0.2) is 17.5 Å². The van der Waals surface area contributed by atoms with Gasteiger partial charge in [0, 0.05) is 17.3 Å². The maximum atomic E-state index is 10.2. The highest BCUT2D eigenvalue weighted by molar-refractivity contribution is 7.17. The topological polar surface area (TPSA) is 70.9 Å². The van der Waals surface area contributed by atoms with E-state index in [1.165, 1.54) is 16.4 Å². The molecule has 0 amide bonds. The molecule has 0 unspecified atom stereocenters. The zero-order valence-corrected chi connectivity index (χ0v) is 16.1. The third kappa shape index (κ3) is 3.83. The van der Waals surface area contributed by atoms with Crippen LogP contribution in [0, 0.1) is 6.92 Å². The molecule has 7 heteroatoms. The highest BCUT2D eigenvalue weighted by Crippen LogP contribution is 2.32. The minimum Gasteiger partial charge on any atom is -0.390 e. The van der Waals surface area contributed by atoms with Crippen molar-refractivity contribution in [2.24, 2.45) is 0 Å². The van der Waals surface area contributed by atoms with Crippen LogP contribution >= 0.6 is 22.9 Å². The Morgan fingerprint density at radius 3 is 2.84 bits per heavy atom. The average molecular weight is 375 g/mol. The molecule has 0 aromatic carbocycles. The van der Waals surface area contributed by atoms with E-state index in [-0.39, 0.29) is 0 Å². The Bertz CT molecular complexity index is 876. The standard InChI is InChI=1S/C18H22N4OS2/c1-11-9-13(25-22-11)10-15-20-14-5-8-24-16(14)17(21-15)19-12-3-6-18(2,23)7-4-12/h5,8-9,12,23H,3-4,6-7,10H2,1-2H3,(H,19,20,21). The molecule has 1 aliphatic rings. The summed E-state index contributed by atoms with van der Waals surface area (Å²) in [6.07, 6.45) is 4.30. The van der Waals surface area contributed by atoms with Gasteiger partial charge < -0.3 is 10.4 Å². The number of hydrogen-bond acceptors (Lipinski definition) is 7. The van der Waals surface area contributed by atoms with E-state index in [4.69, 9.17) is 9.97 Å². The first kappa shape index (κ1) is 16.9. The summed E-state index contributed by atoms with van der Waals surface area (Å²) in [5.74, 6) is 1.77. The molecule has 0 aliphatic heterocycles. The predicted octanol–water partition coefficient (Wildman–Crippen LogP) is 4.15. The van der Waals surface area contributed by atoms with Crippen molar-refractivity contribution in [2.45, 2.75) is 57.6 Å². The molecule has 25 heavy (non-hydrogen) atoms. The van der Waals surface area contributed by atoms with Crippen molar-refractivity contribution < 1.29 is 5.11 Å². The quantitative estimate of drug-likeness (QED) is 0.718. The van der Waals surface area contributed by atoms with E-state index in [0.29, 0.717) is 12.5 Å². The van der Waals surface area contributed by atoms with E-state index in [1.807, 2.05) is 13.8 Å². The van der Waals surface area contributed by atoms with Crippen LogP contribution in [0.1, 0.15) is 49.0 Å². The monoisotopic (exact) mass is 374 g/mol. The van der Waals surface area contributed by atoms with Crippen LogP contribution in [0.25, 0.3) is 10.2 Å². The molecule has 5 nitrogen and oxygen atoms in total. The molecule has 1 fully saturated rings. The normalized spacial score (nSPS) is 23.9. The van der Waals surface area contributed by atoms with Crippen LogP contribution in [0.2, 0.25) is 0 Å². The molecule has 3 aromatic rings. The fourth-order valence-corrected chi connectivity index (χ4v) is 4.84. The SMILES string of the molecule is Cc1cc(Cc2nc(NC3CCC(C)(O)CC3)c3sccc3n2)sn1. The van der Waals surface area contributed by atoms with Gasteiger partial charge in [0.15, 0.2) is 0 Å². The van der Waals surface area contributed by atoms with Gasteiger partial charge in [0.2, 0.25) is 0 Å². The second kappa shape index (κ2) is 6.63. The minimum absolute atomic E-state index is 0.360. The maximum Gasteiger partial charge on any atom is 0.148 e. The van der Waals surface area contributed by atoms with Crippen LogP contribution in [-0.4, -0.2) is 31.1 Å². The lowest BCUT2D eigenvalue weighted by Crippen LogP contribution is -2.36. The fraction of sp³-hybridized carbons (Fsp3) is 0.500.